The molecule has 17 heavy (non-hydrogen) atoms. The predicted octanol–water partition coefficient (Wildman–Crippen LogP) is -1.79. The number of rotatable bonds is 5. The van der Waals surface area contributed by atoms with E-state index in [2.05, 4.69) is 5.32 Å². The van der Waals surface area contributed by atoms with Crippen LogP contribution >= 0.6 is 0 Å². The third kappa shape index (κ3) is 5.16. The maximum Gasteiger partial charge on any atom is 0.328 e. The molecule has 0 rings (SSSR count). The molecular formula is C9H17N3O5. The molecule has 0 spiro atoms. The second-order valence-corrected chi connectivity index (χ2v) is 3.65. The normalized spacial score (nSPS) is 13.4. The zero-order valence-electron chi connectivity index (χ0n) is 9.93. The van der Waals surface area contributed by atoms with Gasteiger partial charge in [-0.25, -0.2) is 9.59 Å². The Kier molecular flexibility index (Phi) is 5.97. The highest BCUT2D eigenvalue weighted by molar-refractivity contribution is 5.88. The minimum Gasteiger partial charge on any atom is -0.480 e. The molecule has 3 amide bonds. The molecule has 4 N–H and O–H groups in total. The molecule has 0 radical (unpaired) electrons. The zero-order chi connectivity index (χ0) is 13.6. The van der Waals surface area contributed by atoms with Gasteiger partial charge < -0.3 is 25.7 Å². The second-order valence-electron chi connectivity index (χ2n) is 3.65. The van der Waals surface area contributed by atoms with Crippen LogP contribution in [0.1, 0.15) is 6.92 Å². The average Bonchev–Trinajstić information content (AvgIpc) is 2.23. The summed E-state index contributed by atoms with van der Waals surface area (Å²) in [4.78, 5) is 34.5. The predicted molar refractivity (Wildman–Crippen MR) is 58.3 cm³/mol. The number of aliphatic hydroxyl groups is 1. The maximum atomic E-state index is 11.4. The molecule has 0 aliphatic heterocycles. The number of carboxylic acids is 1. The van der Waals surface area contributed by atoms with Crippen LogP contribution in [0.25, 0.3) is 0 Å². The van der Waals surface area contributed by atoms with Crippen molar-refractivity contribution in [1.82, 2.24) is 15.5 Å². The van der Waals surface area contributed by atoms with E-state index < -0.39 is 30.7 Å². The van der Waals surface area contributed by atoms with Gasteiger partial charge in [0.2, 0.25) is 5.91 Å². The zero-order valence-corrected chi connectivity index (χ0v) is 9.93. The number of amides is 3. The Morgan fingerprint density at radius 2 is 1.76 bits per heavy atom. The van der Waals surface area contributed by atoms with Gasteiger partial charge in [0.1, 0.15) is 6.04 Å². The van der Waals surface area contributed by atoms with E-state index in [-0.39, 0.29) is 5.91 Å². The fraction of sp³-hybridized carbons (Fsp3) is 0.667. The van der Waals surface area contributed by atoms with E-state index in [4.69, 9.17) is 10.2 Å². The largest absolute Gasteiger partial charge is 0.480 e. The SMILES string of the molecule is CC(NC(=O)N[C@@H](CO)C(=O)O)C(=O)N(C)C. The van der Waals surface area contributed by atoms with E-state index in [0.29, 0.717) is 0 Å². The summed E-state index contributed by atoms with van der Waals surface area (Å²) in [5.41, 5.74) is 0. The van der Waals surface area contributed by atoms with Crippen LogP contribution < -0.4 is 10.6 Å². The third-order valence-electron chi connectivity index (χ3n) is 1.94. The lowest BCUT2D eigenvalue weighted by Crippen LogP contribution is -2.53. The van der Waals surface area contributed by atoms with E-state index in [9.17, 15) is 14.4 Å². The van der Waals surface area contributed by atoms with Crippen LogP contribution in [0, 0.1) is 0 Å². The Balaban J connectivity index is 4.27. The van der Waals surface area contributed by atoms with Crippen LogP contribution in [0.15, 0.2) is 0 Å². The van der Waals surface area contributed by atoms with Gasteiger partial charge in [-0.2, -0.15) is 0 Å². The summed E-state index contributed by atoms with van der Waals surface area (Å²) < 4.78 is 0. The van der Waals surface area contributed by atoms with Crippen molar-refractivity contribution >= 4 is 17.9 Å². The van der Waals surface area contributed by atoms with Crippen molar-refractivity contribution in [1.29, 1.82) is 0 Å². The molecule has 2 atom stereocenters. The topological polar surface area (TPSA) is 119 Å². The monoisotopic (exact) mass is 247 g/mol. The van der Waals surface area contributed by atoms with Crippen LogP contribution in [-0.4, -0.2) is 65.8 Å². The quantitative estimate of drug-likeness (QED) is 0.457. The van der Waals surface area contributed by atoms with Crippen molar-refractivity contribution in [2.24, 2.45) is 0 Å². The Morgan fingerprint density at radius 1 is 1.24 bits per heavy atom. The standard InChI is InChI=1S/C9H17N3O5/c1-5(7(14)12(2)3)10-9(17)11-6(4-13)8(15)16/h5-6,13H,4H2,1-3H3,(H,15,16)(H2,10,11,17)/t5?,6-/m0/s1. The summed E-state index contributed by atoms with van der Waals surface area (Å²) in [6.45, 7) is 0.745. The van der Waals surface area contributed by atoms with Crippen molar-refractivity contribution in [3.05, 3.63) is 0 Å². The summed E-state index contributed by atoms with van der Waals surface area (Å²) in [5, 5.41) is 21.5. The van der Waals surface area contributed by atoms with Crippen molar-refractivity contribution in [2.75, 3.05) is 20.7 Å². The molecule has 98 valence electrons. The van der Waals surface area contributed by atoms with Crippen molar-refractivity contribution in [3.8, 4) is 0 Å². The number of aliphatic hydroxyl groups excluding tert-OH is 1. The van der Waals surface area contributed by atoms with Gasteiger partial charge >= 0.3 is 12.0 Å². The molecule has 0 bridgehead atoms. The van der Waals surface area contributed by atoms with Crippen LogP contribution in [0.2, 0.25) is 0 Å². The summed E-state index contributed by atoms with van der Waals surface area (Å²) in [6.07, 6.45) is 0. The first-order chi connectivity index (χ1) is 7.79. The number of aliphatic carboxylic acids is 1. The Labute approximate surface area is 98.6 Å². The number of hydrogen-bond acceptors (Lipinski definition) is 4. The molecule has 8 heteroatoms. The molecule has 1 unspecified atom stereocenters. The molecule has 0 aromatic rings. The van der Waals surface area contributed by atoms with Crippen molar-refractivity contribution < 1.29 is 24.6 Å². The van der Waals surface area contributed by atoms with Gasteiger partial charge in [-0.3, -0.25) is 4.79 Å². The number of nitrogens with zero attached hydrogens (tertiary/aromatic N) is 1. The molecule has 0 aliphatic rings. The number of carboxylic acid groups (broad SMARTS) is 1. The van der Waals surface area contributed by atoms with E-state index in [0.717, 1.165) is 0 Å². The number of likely N-dealkylation sites (N-methyl/N-ethyl adjacent to an activating group) is 1. The Hall–Kier alpha value is -1.83. The van der Waals surface area contributed by atoms with E-state index in [1.165, 1.54) is 25.9 Å². The van der Waals surface area contributed by atoms with E-state index in [1.54, 1.807) is 0 Å². The number of hydrogen-bond donors (Lipinski definition) is 4. The van der Waals surface area contributed by atoms with Crippen molar-refractivity contribution in [2.45, 2.75) is 19.0 Å². The molecule has 8 nitrogen and oxygen atoms in total. The fourth-order valence-corrected chi connectivity index (χ4v) is 1.03. The van der Waals surface area contributed by atoms with Crippen LogP contribution in [0.5, 0.6) is 0 Å². The van der Waals surface area contributed by atoms with Gasteiger partial charge in [0.15, 0.2) is 6.04 Å². The lowest BCUT2D eigenvalue weighted by Gasteiger charge is -2.19. The first-order valence-corrected chi connectivity index (χ1v) is 4.91. The smallest absolute Gasteiger partial charge is 0.328 e. The van der Waals surface area contributed by atoms with Gasteiger partial charge in [0, 0.05) is 14.1 Å². The average molecular weight is 247 g/mol. The summed E-state index contributed by atoms with van der Waals surface area (Å²) in [5.74, 6) is -1.68. The second kappa shape index (κ2) is 6.69. The Bertz CT molecular complexity index is 305. The highest BCUT2D eigenvalue weighted by atomic mass is 16.4. The van der Waals surface area contributed by atoms with E-state index >= 15 is 0 Å². The number of nitrogens with one attached hydrogen (secondary N) is 2. The van der Waals surface area contributed by atoms with Crippen LogP contribution in [-0.2, 0) is 9.59 Å². The Morgan fingerprint density at radius 3 is 2.12 bits per heavy atom. The van der Waals surface area contributed by atoms with Gasteiger partial charge in [0.05, 0.1) is 6.61 Å². The lowest BCUT2D eigenvalue weighted by atomic mass is 10.3. The van der Waals surface area contributed by atoms with Gasteiger partial charge in [-0.1, -0.05) is 0 Å². The first kappa shape index (κ1) is 15.2. The maximum absolute atomic E-state index is 11.4. The molecule has 0 aromatic carbocycles. The number of urea groups is 1. The fourth-order valence-electron chi connectivity index (χ4n) is 1.03. The third-order valence-corrected chi connectivity index (χ3v) is 1.94. The highest BCUT2D eigenvalue weighted by Crippen LogP contribution is 1.89. The summed E-state index contributed by atoms with van der Waals surface area (Å²) in [6, 6.07) is -3.00. The van der Waals surface area contributed by atoms with Gasteiger partial charge in [-0.15, -0.1) is 0 Å². The van der Waals surface area contributed by atoms with Crippen LogP contribution in [0.3, 0.4) is 0 Å². The first-order valence-electron chi connectivity index (χ1n) is 4.91. The minimum atomic E-state index is -1.39. The molecule has 0 aliphatic carbocycles. The van der Waals surface area contributed by atoms with Gasteiger partial charge in [-0.05, 0) is 6.92 Å². The highest BCUT2D eigenvalue weighted by Gasteiger charge is 2.22. The summed E-state index contributed by atoms with van der Waals surface area (Å²) in [7, 11) is 3.07. The molecule has 0 saturated carbocycles. The lowest BCUT2D eigenvalue weighted by molar-refractivity contribution is -0.140. The molecule has 0 fully saturated rings. The molecule has 0 saturated heterocycles. The molecule has 0 heterocycles. The minimum absolute atomic E-state index is 0.323. The summed E-state index contributed by atoms with van der Waals surface area (Å²) >= 11 is 0. The molecular weight excluding hydrogens is 230 g/mol. The molecule has 0 aromatic heterocycles. The number of carbonyl (C=O) groups is 3. The van der Waals surface area contributed by atoms with Gasteiger partial charge in [0.25, 0.3) is 0 Å². The van der Waals surface area contributed by atoms with Crippen molar-refractivity contribution in [3.63, 3.8) is 0 Å². The number of carbonyl (C=O) groups excluding carboxylic acids is 2. The van der Waals surface area contributed by atoms with Crippen LogP contribution in [0.4, 0.5) is 4.79 Å². The van der Waals surface area contributed by atoms with E-state index in [1.807, 2.05) is 5.32 Å².